The molecule has 0 aliphatic heterocycles. The molecule has 0 heterocycles. The van der Waals surface area contributed by atoms with Gasteiger partial charge in [-0.05, 0) is 42.5 Å². The molecule has 0 atom stereocenters. The summed E-state index contributed by atoms with van der Waals surface area (Å²) in [5.74, 6) is 1.09. The molecule has 0 radical (unpaired) electrons. The monoisotopic (exact) mass is 288 g/mol. The second-order valence-corrected chi connectivity index (χ2v) is 5.15. The first-order chi connectivity index (χ1) is 9.69. The highest BCUT2D eigenvalue weighted by Crippen LogP contribution is 2.25. The molecule has 5 heteroatoms. The number of nitrogens with zero attached hydrogens (tertiary/aromatic N) is 1. The van der Waals surface area contributed by atoms with E-state index in [4.69, 9.17) is 15.7 Å². The SMILES string of the molecule is N#Cc1ccc(OCCSc2ccc(F)cc2N)cc1. The van der Waals surface area contributed by atoms with Gasteiger partial charge in [0.15, 0.2) is 0 Å². The van der Waals surface area contributed by atoms with E-state index in [9.17, 15) is 4.39 Å². The molecule has 2 aromatic carbocycles. The fourth-order valence-corrected chi connectivity index (χ4v) is 2.36. The van der Waals surface area contributed by atoms with Crippen LogP contribution in [0.3, 0.4) is 0 Å². The number of nitrogens with two attached hydrogens (primary N) is 1. The van der Waals surface area contributed by atoms with E-state index in [1.165, 1.54) is 23.9 Å². The van der Waals surface area contributed by atoms with Crippen LogP contribution in [0.15, 0.2) is 47.4 Å². The standard InChI is InChI=1S/C15H13FN2OS/c16-12-3-6-15(14(18)9-12)20-8-7-19-13-4-1-11(10-17)2-5-13/h1-6,9H,7-8,18H2. The average Bonchev–Trinajstić information content (AvgIpc) is 2.46. The van der Waals surface area contributed by atoms with Crippen molar-refractivity contribution in [1.29, 1.82) is 5.26 Å². The summed E-state index contributed by atoms with van der Waals surface area (Å²) in [6.07, 6.45) is 0. The fourth-order valence-electron chi connectivity index (χ4n) is 1.59. The van der Waals surface area contributed by atoms with Crippen molar-refractivity contribution in [2.45, 2.75) is 4.90 Å². The molecule has 0 saturated heterocycles. The number of anilines is 1. The van der Waals surface area contributed by atoms with Gasteiger partial charge in [0, 0.05) is 16.3 Å². The molecule has 0 aliphatic carbocycles. The van der Waals surface area contributed by atoms with Crippen molar-refractivity contribution >= 4 is 17.4 Å². The lowest BCUT2D eigenvalue weighted by atomic mass is 10.2. The van der Waals surface area contributed by atoms with Gasteiger partial charge in [0.25, 0.3) is 0 Å². The van der Waals surface area contributed by atoms with E-state index in [0.29, 0.717) is 23.6 Å². The van der Waals surface area contributed by atoms with Gasteiger partial charge >= 0.3 is 0 Å². The van der Waals surface area contributed by atoms with Gasteiger partial charge in [0.05, 0.1) is 18.2 Å². The lowest BCUT2D eigenvalue weighted by Gasteiger charge is -2.07. The molecule has 2 rings (SSSR count). The van der Waals surface area contributed by atoms with Crippen molar-refractivity contribution in [1.82, 2.24) is 0 Å². The summed E-state index contributed by atoms with van der Waals surface area (Å²) in [5, 5.41) is 8.68. The first-order valence-corrected chi connectivity index (χ1v) is 6.98. The number of rotatable bonds is 5. The zero-order valence-electron chi connectivity index (χ0n) is 10.7. The van der Waals surface area contributed by atoms with Crippen LogP contribution < -0.4 is 10.5 Å². The van der Waals surface area contributed by atoms with Crippen LogP contribution in [-0.4, -0.2) is 12.4 Å². The van der Waals surface area contributed by atoms with Crippen LogP contribution >= 0.6 is 11.8 Å². The zero-order chi connectivity index (χ0) is 14.4. The van der Waals surface area contributed by atoms with E-state index in [0.717, 1.165) is 10.6 Å². The van der Waals surface area contributed by atoms with Gasteiger partial charge in [-0.3, -0.25) is 0 Å². The molecule has 0 aromatic heterocycles. The van der Waals surface area contributed by atoms with Crippen molar-refractivity contribution in [2.75, 3.05) is 18.1 Å². The Morgan fingerprint density at radius 1 is 1.20 bits per heavy atom. The molecule has 0 saturated carbocycles. The Labute approximate surface area is 121 Å². The lowest BCUT2D eigenvalue weighted by Crippen LogP contribution is -2.00. The van der Waals surface area contributed by atoms with Crippen molar-refractivity contribution in [3.63, 3.8) is 0 Å². The normalized spacial score (nSPS) is 10.0. The Hall–Kier alpha value is -2.19. The Morgan fingerprint density at radius 3 is 2.60 bits per heavy atom. The first kappa shape index (κ1) is 14.2. The maximum Gasteiger partial charge on any atom is 0.125 e. The summed E-state index contributed by atoms with van der Waals surface area (Å²) in [6.45, 7) is 0.507. The summed E-state index contributed by atoms with van der Waals surface area (Å²) in [7, 11) is 0. The van der Waals surface area contributed by atoms with Crippen LogP contribution in [0.5, 0.6) is 5.75 Å². The zero-order valence-corrected chi connectivity index (χ0v) is 11.5. The number of halogens is 1. The predicted molar refractivity (Wildman–Crippen MR) is 78.2 cm³/mol. The average molecular weight is 288 g/mol. The van der Waals surface area contributed by atoms with Crippen LogP contribution in [-0.2, 0) is 0 Å². The summed E-state index contributed by atoms with van der Waals surface area (Å²) in [4.78, 5) is 0.842. The van der Waals surface area contributed by atoms with Crippen LogP contribution in [0.25, 0.3) is 0 Å². The van der Waals surface area contributed by atoms with Crippen LogP contribution in [0, 0.1) is 17.1 Å². The van der Waals surface area contributed by atoms with Crippen molar-refractivity contribution < 1.29 is 9.13 Å². The molecule has 0 amide bonds. The molecule has 0 aliphatic rings. The number of thioether (sulfide) groups is 1. The van der Waals surface area contributed by atoms with Gasteiger partial charge in [-0.2, -0.15) is 5.26 Å². The molecule has 102 valence electrons. The largest absolute Gasteiger partial charge is 0.493 e. The van der Waals surface area contributed by atoms with E-state index in [-0.39, 0.29) is 5.82 Å². The van der Waals surface area contributed by atoms with Crippen molar-refractivity contribution in [2.24, 2.45) is 0 Å². The van der Waals surface area contributed by atoms with E-state index in [1.54, 1.807) is 30.3 Å². The number of benzene rings is 2. The molecule has 2 N–H and O–H groups in total. The fraction of sp³-hybridized carbons (Fsp3) is 0.133. The van der Waals surface area contributed by atoms with Crippen LogP contribution in [0.4, 0.5) is 10.1 Å². The van der Waals surface area contributed by atoms with E-state index < -0.39 is 0 Å². The Kier molecular flexibility index (Phi) is 4.85. The lowest BCUT2D eigenvalue weighted by molar-refractivity contribution is 0.344. The van der Waals surface area contributed by atoms with Crippen LogP contribution in [0.2, 0.25) is 0 Å². The van der Waals surface area contributed by atoms with Gasteiger partial charge in [0.2, 0.25) is 0 Å². The molecule has 2 aromatic rings. The maximum absolute atomic E-state index is 12.9. The molecule has 0 spiro atoms. The van der Waals surface area contributed by atoms with Gasteiger partial charge in [0.1, 0.15) is 11.6 Å². The van der Waals surface area contributed by atoms with Crippen molar-refractivity contribution in [3.05, 3.63) is 53.8 Å². The minimum Gasteiger partial charge on any atom is -0.493 e. The number of hydrogen-bond donors (Lipinski definition) is 1. The van der Waals surface area contributed by atoms with Crippen molar-refractivity contribution in [3.8, 4) is 11.8 Å². The highest BCUT2D eigenvalue weighted by molar-refractivity contribution is 7.99. The van der Waals surface area contributed by atoms with Crippen LogP contribution in [0.1, 0.15) is 5.56 Å². The quantitative estimate of drug-likeness (QED) is 0.520. The number of nitrogen functional groups attached to an aromatic ring is 1. The summed E-state index contributed by atoms with van der Waals surface area (Å²) >= 11 is 1.51. The molecular formula is C15H13FN2OS. The second kappa shape index (κ2) is 6.83. The maximum atomic E-state index is 12.9. The smallest absolute Gasteiger partial charge is 0.125 e. The highest BCUT2D eigenvalue weighted by Gasteiger charge is 2.02. The van der Waals surface area contributed by atoms with Gasteiger partial charge in [-0.15, -0.1) is 11.8 Å². The predicted octanol–water partition coefficient (Wildman–Crippen LogP) is 3.45. The number of ether oxygens (including phenoxy) is 1. The van der Waals surface area contributed by atoms with Gasteiger partial charge in [-0.1, -0.05) is 0 Å². The Morgan fingerprint density at radius 2 is 1.95 bits per heavy atom. The molecule has 20 heavy (non-hydrogen) atoms. The molecule has 0 unspecified atom stereocenters. The topological polar surface area (TPSA) is 59.0 Å². The number of nitriles is 1. The third-order valence-electron chi connectivity index (χ3n) is 2.56. The molecule has 0 bridgehead atoms. The van der Waals surface area contributed by atoms with Gasteiger partial charge in [-0.25, -0.2) is 4.39 Å². The Balaban J connectivity index is 1.80. The summed E-state index contributed by atoms with van der Waals surface area (Å²) in [6, 6.07) is 13.3. The second-order valence-electron chi connectivity index (χ2n) is 4.02. The molecule has 3 nitrogen and oxygen atoms in total. The third kappa shape index (κ3) is 3.90. The van der Waals surface area contributed by atoms with E-state index >= 15 is 0 Å². The van der Waals surface area contributed by atoms with E-state index in [2.05, 4.69) is 0 Å². The number of hydrogen-bond acceptors (Lipinski definition) is 4. The minimum atomic E-state index is -0.333. The minimum absolute atomic E-state index is 0.333. The highest BCUT2D eigenvalue weighted by atomic mass is 32.2. The molecule has 0 fully saturated rings. The van der Waals surface area contributed by atoms with Gasteiger partial charge < -0.3 is 10.5 Å². The molecular weight excluding hydrogens is 275 g/mol. The van der Waals surface area contributed by atoms with E-state index in [1.807, 2.05) is 6.07 Å². The first-order valence-electron chi connectivity index (χ1n) is 6.00. The summed E-state index contributed by atoms with van der Waals surface area (Å²) in [5.41, 5.74) is 6.76. The third-order valence-corrected chi connectivity index (χ3v) is 3.62. The summed E-state index contributed by atoms with van der Waals surface area (Å²) < 4.78 is 18.4. The Bertz CT molecular complexity index is 623.